The Morgan fingerprint density at radius 1 is 1.03 bits per heavy atom. The molecule has 3 aromatic rings. The molecule has 5 nitrogen and oxygen atoms in total. The first-order valence-corrected chi connectivity index (χ1v) is 9.39. The maximum atomic E-state index is 13.8. The van der Waals surface area contributed by atoms with E-state index in [0.29, 0.717) is 24.5 Å². The number of hydrogen-bond donors (Lipinski definition) is 2. The van der Waals surface area contributed by atoms with Gasteiger partial charge in [0.1, 0.15) is 23.5 Å². The molecule has 7 heteroatoms. The number of nitrogens with zero attached hydrogens (tertiary/aromatic N) is 1. The lowest BCUT2D eigenvalue weighted by Crippen LogP contribution is -2.54. The van der Waals surface area contributed by atoms with Gasteiger partial charge in [-0.3, -0.25) is 0 Å². The van der Waals surface area contributed by atoms with Crippen molar-refractivity contribution in [2.75, 3.05) is 18.0 Å². The molecular formula is C23H19F2NO4. The van der Waals surface area contributed by atoms with Gasteiger partial charge in [-0.1, -0.05) is 18.2 Å². The Kier molecular flexibility index (Phi) is 5.37. The van der Waals surface area contributed by atoms with E-state index in [4.69, 9.17) is 9.84 Å². The SMILES string of the molecule is O=C(O)c1cccc(N2CC(Oc3ccc(CO)cc3)C2)c1-c1cc(F)cc(F)c1. The molecule has 0 amide bonds. The molecule has 1 aliphatic rings. The summed E-state index contributed by atoms with van der Waals surface area (Å²) in [5.41, 5.74) is 1.78. The number of ether oxygens (including phenoxy) is 1. The van der Waals surface area contributed by atoms with Crippen LogP contribution in [-0.2, 0) is 6.61 Å². The van der Waals surface area contributed by atoms with Gasteiger partial charge in [0.2, 0.25) is 0 Å². The van der Waals surface area contributed by atoms with Gasteiger partial charge in [0, 0.05) is 17.3 Å². The fourth-order valence-electron chi connectivity index (χ4n) is 3.56. The Hall–Kier alpha value is -3.45. The second-order valence-electron chi connectivity index (χ2n) is 7.11. The number of carboxylic acids is 1. The summed E-state index contributed by atoms with van der Waals surface area (Å²) in [5, 5.41) is 18.7. The number of anilines is 1. The van der Waals surface area contributed by atoms with Crippen molar-refractivity contribution in [3.8, 4) is 16.9 Å². The maximum Gasteiger partial charge on any atom is 0.336 e. The molecule has 4 rings (SSSR count). The van der Waals surface area contributed by atoms with Crippen molar-refractivity contribution < 1.29 is 28.5 Å². The highest BCUT2D eigenvalue weighted by Crippen LogP contribution is 2.37. The average molecular weight is 411 g/mol. The van der Waals surface area contributed by atoms with Gasteiger partial charge in [-0.2, -0.15) is 0 Å². The van der Waals surface area contributed by atoms with E-state index in [0.717, 1.165) is 23.8 Å². The Balaban J connectivity index is 1.59. The van der Waals surface area contributed by atoms with Crippen LogP contribution in [0, 0.1) is 11.6 Å². The molecule has 0 saturated carbocycles. The fraction of sp³-hybridized carbons (Fsp3) is 0.174. The number of hydrogen-bond acceptors (Lipinski definition) is 4. The van der Waals surface area contributed by atoms with E-state index < -0.39 is 17.6 Å². The van der Waals surface area contributed by atoms with Crippen LogP contribution in [0.3, 0.4) is 0 Å². The molecule has 1 fully saturated rings. The summed E-state index contributed by atoms with van der Waals surface area (Å²) in [4.78, 5) is 13.7. The van der Waals surface area contributed by atoms with Crippen molar-refractivity contribution in [1.29, 1.82) is 0 Å². The Morgan fingerprint density at radius 2 is 1.70 bits per heavy atom. The van der Waals surface area contributed by atoms with Crippen molar-refractivity contribution in [3.63, 3.8) is 0 Å². The van der Waals surface area contributed by atoms with Crippen molar-refractivity contribution in [1.82, 2.24) is 0 Å². The molecular weight excluding hydrogens is 392 g/mol. The lowest BCUT2D eigenvalue weighted by atomic mass is 9.95. The predicted molar refractivity (Wildman–Crippen MR) is 108 cm³/mol. The number of rotatable bonds is 6. The Labute approximate surface area is 171 Å². The van der Waals surface area contributed by atoms with E-state index in [1.54, 1.807) is 36.4 Å². The monoisotopic (exact) mass is 411 g/mol. The summed E-state index contributed by atoms with van der Waals surface area (Å²) in [6.45, 7) is 0.950. The summed E-state index contributed by atoms with van der Waals surface area (Å²) in [7, 11) is 0. The van der Waals surface area contributed by atoms with Crippen LogP contribution in [0.15, 0.2) is 60.7 Å². The smallest absolute Gasteiger partial charge is 0.336 e. The summed E-state index contributed by atoms with van der Waals surface area (Å²) in [5.74, 6) is -2.04. The van der Waals surface area contributed by atoms with Crippen LogP contribution >= 0.6 is 0 Å². The zero-order valence-electron chi connectivity index (χ0n) is 15.9. The highest BCUT2D eigenvalue weighted by atomic mass is 19.1. The lowest BCUT2D eigenvalue weighted by Gasteiger charge is -2.41. The van der Waals surface area contributed by atoms with E-state index in [-0.39, 0.29) is 29.4 Å². The average Bonchev–Trinajstić information content (AvgIpc) is 2.69. The van der Waals surface area contributed by atoms with Crippen molar-refractivity contribution in [2.24, 2.45) is 0 Å². The van der Waals surface area contributed by atoms with Gasteiger partial charge in [0.05, 0.1) is 25.3 Å². The topological polar surface area (TPSA) is 70.0 Å². The molecule has 3 aromatic carbocycles. The fourth-order valence-corrected chi connectivity index (χ4v) is 3.56. The first kappa shape index (κ1) is 19.8. The third kappa shape index (κ3) is 3.97. The van der Waals surface area contributed by atoms with Gasteiger partial charge in [0.25, 0.3) is 0 Å². The summed E-state index contributed by atoms with van der Waals surface area (Å²) in [6.07, 6.45) is -0.115. The molecule has 2 N–H and O–H groups in total. The van der Waals surface area contributed by atoms with E-state index in [1.165, 1.54) is 6.07 Å². The van der Waals surface area contributed by atoms with Crippen LogP contribution in [0.5, 0.6) is 5.75 Å². The van der Waals surface area contributed by atoms with Crippen molar-refractivity contribution in [3.05, 3.63) is 83.4 Å². The summed E-state index contributed by atoms with van der Waals surface area (Å²) in [6, 6.07) is 14.9. The standard InChI is InChI=1S/C23H19F2NO4/c24-16-8-15(9-17(25)10-16)22-20(23(28)29)2-1-3-21(22)26-11-19(12-26)30-18-6-4-14(13-27)5-7-18/h1-10,19,27H,11-13H2,(H,28,29). The molecule has 1 heterocycles. The molecule has 30 heavy (non-hydrogen) atoms. The summed E-state index contributed by atoms with van der Waals surface area (Å²) >= 11 is 0. The third-order valence-corrected chi connectivity index (χ3v) is 5.02. The van der Waals surface area contributed by atoms with Crippen molar-refractivity contribution in [2.45, 2.75) is 12.7 Å². The number of aliphatic hydroxyl groups is 1. The third-order valence-electron chi connectivity index (χ3n) is 5.02. The largest absolute Gasteiger partial charge is 0.487 e. The normalized spacial score (nSPS) is 13.8. The van der Waals surface area contributed by atoms with Crippen LogP contribution in [0.1, 0.15) is 15.9 Å². The van der Waals surface area contributed by atoms with Gasteiger partial charge < -0.3 is 19.8 Å². The highest BCUT2D eigenvalue weighted by Gasteiger charge is 2.32. The second-order valence-corrected chi connectivity index (χ2v) is 7.11. The number of halogens is 2. The molecule has 0 aromatic heterocycles. The highest BCUT2D eigenvalue weighted by molar-refractivity contribution is 6.00. The number of carboxylic acid groups (broad SMARTS) is 1. The van der Waals surface area contributed by atoms with E-state index in [1.807, 2.05) is 4.90 Å². The number of benzene rings is 3. The Bertz CT molecular complexity index is 1060. The zero-order chi connectivity index (χ0) is 21.3. The quantitative estimate of drug-likeness (QED) is 0.640. The molecule has 1 aliphatic heterocycles. The molecule has 1 saturated heterocycles. The predicted octanol–water partition coefficient (Wildman–Crippen LogP) is 4.09. The van der Waals surface area contributed by atoms with Crippen LogP contribution < -0.4 is 9.64 Å². The molecule has 0 aliphatic carbocycles. The van der Waals surface area contributed by atoms with Gasteiger partial charge in [-0.15, -0.1) is 0 Å². The molecule has 0 spiro atoms. The second kappa shape index (κ2) is 8.12. The number of aliphatic hydroxyl groups excluding tert-OH is 1. The molecule has 0 unspecified atom stereocenters. The van der Waals surface area contributed by atoms with Crippen LogP contribution in [0.4, 0.5) is 14.5 Å². The van der Waals surface area contributed by atoms with Crippen LogP contribution in [-0.4, -0.2) is 35.4 Å². The first-order chi connectivity index (χ1) is 14.4. The minimum Gasteiger partial charge on any atom is -0.487 e. The lowest BCUT2D eigenvalue weighted by molar-refractivity contribution is 0.0697. The van der Waals surface area contributed by atoms with Gasteiger partial charge in [-0.05, 0) is 47.5 Å². The zero-order valence-corrected chi connectivity index (χ0v) is 15.9. The molecule has 0 bridgehead atoms. The molecule has 0 atom stereocenters. The minimum atomic E-state index is -1.17. The summed E-state index contributed by atoms with van der Waals surface area (Å²) < 4.78 is 33.5. The van der Waals surface area contributed by atoms with E-state index in [2.05, 4.69) is 0 Å². The van der Waals surface area contributed by atoms with Crippen LogP contribution in [0.2, 0.25) is 0 Å². The van der Waals surface area contributed by atoms with Gasteiger partial charge in [0.15, 0.2) is 0 Å². The van der Waals surface area contributed by atoms with Gasteiger partial charge in [-0.25, -0.2) is 13.6 Å². The van der Waals surface area contributed by atoms with Gasteiger partial charge >= 0.3 is 5.97 Å². The maximum absolute atomic E-state index is 13.8. The van der Waals surface area contributed by atoms with Crippen LogP contribution in [0.25, 0.3) is 11.1 Å². The Morgan fingerprint density at radius 3 is 2.30 bits per heavy atom. The molecule has 0 radical (unpaired) electrons. The molecule has 154 valence electrons. The van der Waals surface area contributed by atoms with E-state index >= 15 is 0 Å². The van der Waals surface area contributed by atoms with Crippen molar-refractivity contribution >= 4 is 11.7 Å². The number of carbonyl (C=O) groups is 1. The first-order valence-electron chi connectivity index (χ1n) is 9.39. The number of aromatic carboxylic acids is 1. The van der Waals surface area contributed by atoms with E-state index in [9.17, 15) is 18.7 Å². The minimum absolute atomic E-state index is 0.0264.